The molecule has 4 heterocycles. The average Bonchev–Trinajstić information content (AvgIpc) is 4.03. The Hall–Kier alpha value is -3.85. The van der Waals surface area contributed by atoms with Crippen LogP contribution < -0.4 is 10.5 Å². The van der Waals surface area contributed by atoms with Gasteiger partial charge in [-0.3, -0.25) is 9.59 Å². The van der Waals surface area contributed by atoms with Crippen LogP contribution in [0.25, 0.3) is 33.5 Å². The van der Waals surface area contributed by atoms with Crippen LogP contribution in [0.15, 0.2) is 36.4 Å². The molecular formula is C37H46N6O3. The summed E-state index contributed by atoms with van der Waals surface area (Å²) < 4.78 is 10.5. The fourth-order valence-electron chi connectivity index (χ4n) is 8.06. The monoisotopic (exact) mass is 622 g/mol. The second-order valence-corrected chi connectivity index (χ2v) is 14.3. The summed E-state index contributed by atoms with van der Waals surface area (Å²) in [4.78, 5) is 35.7. The molecule has 46 heavy (non-hydrogen) atoms. The van der Waals surface area contributed by atoms with E-state index in [1.165, 1.54) is 29.3 Å². The molecule has 2 aliphatic heterocycles. The summed E-state index contributed by atoms with van der Waals surface area (Å²) in [6.07, 6.45) is 8.70. The second-order valence-electron chi connectivity index (χ2n) is 14.3. The van der Waals surface area contributed by atoms with Gasteiger partial charge in [-0.1, -0.05) is 18.2 Å². The zero-order valence-electron chi connectivity index (χ0n) is 27.2. The maximum Gasteiger partial charge on any atom is 0.254 e. The normalized spacial score (nSPS) is 21.0. The van der Waals surface area contributed by atoms with Gasteiger partial charge in [0.1, 0.15) is 11.3 Å². The highest BCUT2D eigenvalue weighted by atomic mass is 16.5. The molecular weight excluding hydrogens is 576 g/mol. The molecule has 4 aromatic rings. The summed E-state index contributed by atoms with van der Waals surface area (Å²) in [6.45, 7) is 4.72. The van der Waals surface area contributed by atoms with Gasteiger partial charge < -0.3 is 29.4 Å². The smallest absolute Gasteiger partial charge is 0.254 e. The van der Waals surface area contributed by atoms with Crippen molar-refractivity contribution in [3.8, 4) is 17.3 Å². The first-order chi connectivity index (χ1) is 22.4. The van der Waals surface area contributed by atoms with E-state index in [9.17, 15) is 9.59 Å². The highest BCUT2D eigenvalue weighted by Crippen LogP contribution is 2.42. The summed E-state index contributed by atoms with van der Waals surface area (Å²) >= 11 is 0. The number of carbonyl (C=O) groups is 2. The molecule has 9 heteroatoms. The van der Waals surface area contributed by atoms with Gasteiger partial charge in [0.2, 0.25) is 5.91 Å². The lowest BCUT2D eigenvalue weighted by Gasteiger charge is -2.33. The van der Waals surface area contributed by atoms with Crippen molar-refractivity contribution >= 4 is 33.8 Å². The molecule has 0 bridgehead atoms. The van der Waals surface area contributed by atoms with Gasteiger partial charge in [-0.05, 0) is 99.4 Å². The number of imidazole rings is 1. The van der Waals surface area contributed by atoms with Crippen molar-refractivity contribution in [3.05, 3.63) is 47.5 Å². The van der Waals surface area contributed by atoms with E-state index in [1.54, 1.807) is 7.11 Å². The molecule has 2 N–H and O–H groups in total. The molecule has 9 nitrogen and oxygen atoms in total. The van der Waals surface area contributed by atoms with Crippen molar-refractivity contribution in [3.63, 3.8) is 0 Å². The number of rotatable bonds is 8. The lowest BCUT2D eigenvalue weighted by molar-refractivity contribution is -0.133. The molecule has 1 atom stereocenters. The van der Waals surface area contributed by atoms with Gasteiger partial charge in [0.05, 0.1) is 23.8 Å². The van der Waals surface area contributed by atoms with Crippen LogP contribution in [-0.2, 0) is 18.4 Å². The number of aromatic nitrogens is 3. The van der Waals surface area contributed by atoms with Crippen molar-refractivity contribution in [1.29, 1.82) is 0 Å². The number of nitrogens with two attached hydrogens (primary N) is 1. The van der Waals surface area contributed by atoms with Gasteiger partial charge in [0.25, 0.3) is 5.91 Å². The molecule has 2 aromatic heterocycles. The third-order valence-corrected chi connectivity index (χ3v) is 11.0. The summed E-state index contributed by atoms with van der Waals surface area (Å²) in [5.41, 5.74) is 12.0. The number of amides is 2. The Morgan fingerprint density at radius 2 is 1.74 bits per heavy atom. The Bertz CT molecular complexity index is 1810. The fraction of sp³-hybridized carbons (Fsp3) is 0.541. The molecule has 0 spiro atoms. The van der Waals surface area contributed by atoms with Crippen LogP contribution in [0.2, 0.25) is 0 Å². The maximum atomic E-state index is 13.7. The zero-order chi connectivity index (χ0) is 31.5. The SMILES string of the molecule is COc1cc(C(=O)N2CCC[C@@H](CN)C2)cc2nc(-c3cc4cccc(C5CCN(C(=O)C6CC6)CC5)c4n3CC3CC3)n(C)c12. The topological polar surface area (TPSA) is 98.6 Å². The Morgan fingerprint density at radius 1 is 0.935 bits per heavy atom. The van der Waals surface area contributed by atoms with E-state index in [0.29, 0.717) is 48.1 Å². The first-order valence-electron chi connectivity index (χ1n) is 17.4. The fourth-order valence-corrected chi connectivity index (χ4v) is 8.06. The van der Waals surface area contributed by atoms with Gasteiger partial charge in [-0.15, -0.1) is 0 Å². The van der Waals surface area contributed by atoms with Crippen LogP contribution in [0.1, 0.15) is 73.2 Å². The number of hydrogen-bond donors (Lipinski definition) is 1. The molecule has 0 unspecified atom stereocenters. The van der Waals surface area contributed by atoms with Crippen LogP contribution in [0.5, 0.6) is 5.75 Å². The number of benzene rings is 2. The van der Waals surface area contributed by atoms with Crippen molar-refractivity contribution in [2.24, 2.45) is 30.5 Å². The molecule has 8 rings (SSSR count). The maximum absolute atomic E-state index is 13.7. The summed E-state index contributed by atoms with van der Waals surface area (Å²) in [6, 6.07) is 12.8. The van der Waals surface area contributed by atoms with E-state index in [-0.39, 0.29) is 11.8 Å². The highest BCUT2D eigenvalue weighted by molar-refractivity contribution is 6.00. The number of likely N-dealkylation sites (tertiary alicyclic amines) is 2. The largest absolute Gasteiger partial charge is 0.494 e. The summed E-state index contributed by atoms with van der Waals surface area (Å²) in [7, 11) is 3.72. The van der Waals surface area contributed by atoms with E-state index in [2.05, 4.69) is 45.3 Å². The van der Waals surface area contributed by atoms with Crippen molar-refractivity contribution < 1.29 is 14.3 Å². The molecule has 0 radical (unpaired) electrons. The Labute approximate surface area is 270 Å². The third kappa shape index (κ3) is 5.26. The first-order valence-corrected chi connectivity index (χ1v) is 17.4. The summed E-state index contributed by atoms with van der Waals surface area (Å²) in [5.74, 6) is 3.66. The zero-order valence-corrected chi connectivity index (χ0v) is 27.2. The van der Waals surface area contributed by atoms with Gasteiger partial charge in [-0.25, -0.2) is 4.98 Å². The van der Waals surface area contributed by atoms with E-state index >= 15 is 0 Å². The average molecular weight is 623 g/mol. The van der Waals surface area contributed by atoms with Crippen LogP contribution >= 0.6 is 0 Å². The van der Waals surface area contributed by atoms with E-state index < -0.39 is 0 Å². The van der Waals surface area contributed by atoms with Gasteiger partial charge in [0.15, 0.2) is 5.82 Å². The van der Waals surface area contributed by atoms with Gasteiger partial charge in [0, 0.05) is 56.6 Å². The number of ether oxygens (including phenoxy) is 1. The van der Waals surface area contributed by atoms with Crippen LogP contribution in [0.3, 0.4) is 0 Å². The lowest BCUT2D eigenvalue weighted by Crippen LogP contribution is -2.42. The van der Waals surface area contributed by atoms with E-state index in [4.69, 9.17) is 15.5 Å². The van der Waals surface area contributed by atoms with E-state index in [1.807, 2.05) is 17.0 Å². The summed E-state index contributed by atoms with van der Waals surface area (Å²) in [5, 5.41) is 1.24. The van der Waals surface area contributed by atoms with Crippen molar-refractivity contribution in [2.45, 2.75) is 63.8 Å². The minimum atomic E-state index is 0.0166. The molecule has 2 saturated carbocycles. The van der Waals surface area contributed by atoms with Crippen LogP contribution in [0.4, 0.5) is 0 Å². The highest BCUT2D eigenvalue weighted by Gasteiger charge is 2.36. The number of para-hydroxylation sites is 1. The molecule has 4 aliphatic rings. The molecule has 2 amide bonds. The number of hydrogen-bond acceptors (Lipinski definition) is 5. The van der Waals surface area contributed by atoms with Crippen LogP contribution in [-0.4, -0.2) is 75.6 Å². The van der Waals surface area contributed by atoms with E-state index in [0.717, 1.165) is 87.3 Å². The van der Waals surface area contributed by atoms with Gasteiger partial charge in [-0.2, -0.15) is 0 Å². The van der Waals surface area contributed by atoms with Crippen LogP contribution in [0, 0.1) is 17.8 Å². The third-order valence-electron chi connectivity index (χ3n) is 11.0. The first kappa shape index (κ1) is 29.5. The van der Waals surface area contributed by atoms with Crippen molar-refractivity contribution in [2.75, 3.05) is 39.8 Å². The molecule has 242 valence electrons. The Kier molecular flexibility index (Phi) is 7.54. The number of fused-ring (bicyclic) bond motifs is 2. The molecule has 4 fully saturated rings. The predicted octanol–water partition coefficient (Wildman–Crippen LogP) is 5.54. The molecule has 2 saturated heterocycles. The minimum absolute atomic E-state index is 0.0166. The van der Waals surface area contributed by atoms with Gasteiger partial charge >= 0.3 is 0 Å². The molecule has 2 aromatic carbocycles. The number of nitrogens with zero attached hydrogens (tertiary/aromatic N) is 5. The standard InChI is InChI=1S/C37H46N6O3/c1-40-34-30(17-28(19-32(34)46-2)37(45)42-14-4-5-24(20-38)21-42)39-35(40)31-18-27-6-3-7-29(33(27)43(31)22-23-8-9-23)25-12-15-41(16-13-25)36(44)26-10-11-26/h3,6-7,17-19,23-26H,4-5,8-16,20-22,38H2,1-2H3/t24-/m0/s1. The predicted molar refractivity (Wildman–Crippen MR) is 180 cm³/mol. The second kappa shape index (κ2) is 11.7. The molecule has 2 aliphatic carbocycles. The lowest BCUT2D eigenvalue weighted by atomic mass is 9.88. The number of carbonyl (C=O) groups excluding carboxylic acids is 2. The Balaban J connectivity index is 1.17. The number of piperidine rings is 2. The number of aryl methyl sites for hydroxylation is 1. The minimum Gasteiger partial charge on any atom is -0.494 e. The Morgan fingerprint density at radius 3 is 2.46 bits per heavy atom. The number of methoxy groups -OCH3 is 1. The quantitative estimate of drug-likeness (QED) is 0.278. The van der Waals surface area contributed by atoms with Crippen molar-refractivity contribution in [1.82, 2.24) is 23.9 Å².